The van der Waals surface area contributed by atoms with Crippen molar-refractivity contribution in [2.45, 2.75) is 91.9 Å². The zero-order chi connectivity index (χ0) is 37.8. The summed E-state index contributed by atoms with van der Waals surface area (Å²) in [4.78, 5) is 3.92. The molecule has 0 saturated heterocycles. The first-order valence-corrected chi connectivity index (χ1v) is 21.5. The Hall–Kier alpha value is -4.66. The summed E-state index contributed by atoms with van der Waals surface area (Å²) in [5, 5.41) is 1.48. The molecule has 4 aliphatic carbocycles. The normalized spacial score (nSPS) is 20.0. The summed E-state index contributed by atoms with van der Waals surface area (Å²) in [6.45, 7) is 13.8. The third-order valence-corrected chi connectivity index (χ3v) is 14.3. The molecule has 9 rings (SSSR count). The minimum Gasteiger partial charge on any atom is -0.310 e. The molecule has 1 nitrogen and oxygen atoms in total. The molecule has 4 aromatic carbocycles. The predicted octanol–water partition coefficient (Wildman–Crippen LogP) is 15.5. The van der Waals surface area contributed by atoms with E-state index in [1.807, 2.05) is 0 Å². The van der Waals surface area contributed by atoms with E-state index in [4.69, 9.17) is 0 Å². The lowest BCUT2D eigenvalue weighted by molar-refractivity contribution is 0.440. The Morgan fingerprint density at radius 1 is 0.764 bits per heavy atom. The van der Waals surface area contributed by atoms with Crippen molar-refractivity contribution >= 4 is 44.6 Å². The van der Waals surface area contributed by atoms with Crippen LogP contribution in [0, 0.1) is 31.6 Å². The van der Waals surface area contributed by atoms with Crippen LogP contribution in [0.4, 0.5) is 17.1 Å². The number of hydrogen-bond donors (Lipinski definition) is 0. The average molecular weight is 738 g/mol. The van der Waals surface area contributed by atoms with Gasteiger partial charge in [0.1, 0.15) is 0 Å². The maximum Gasteiger partial charge on any atom is 0.0465 e. The van der Waals surface area contributed by atoms with Gasteiger partial charge in [-0.05, 0) is 165 Å². The summed E-state index contributed by atoms with van der Waals surface area (Å²) in [5.41, 5.74) is 17.9. The number of nitrogens with zero attached hydrogens (tertiary/aromatic N) is 1. The molecule has 55 heavy (non-hydrogen) atoms. The van der Waals surface area contributed by atoms with Crippen molar-refractivity contribution in [1.29, 1.82) is 0 Å². The maximum atomic E-state index is 2.60. The molecule has 0 spiro atoms. The number of aryl methyl sites for hydroxylation is 3. The fraction of sp³-hybridized carbons (Fsp3) is 0.321. The van der Waals surface area contributed by atoms with Crippen LogP contribution in [-0.4, -0.2) is 0 Å². The van der Waals surface area contributed by atoms with Crippen LogP contribution in [0.25, 0.3) is 27.3 Å². The third-order valence-electron chi connectivity index (χ3n) is 13.0. The summed E-state index contributed by atoms with van der Waals surface area (Å²) >= 11 is 2.05. The standard InChI is InChI=1S/C53H55NS/c1-34-7-15-38(16-8-34)31-41(40-19-9-35(2)10-20-40)21-17-39-18-27-46-48-30-29-47-45-28-26-44(33-49(45)53(5,6)51(47)52(48)55-50(46)32-39)54(42-22-11-36(3)12-23-42)43-24-13-37(4)14-25-43/h7-9,11-15,19-20,22-26,28-30,32-33,35,38,41H,10,16-18,21,27,31H2,1-6H3. The van der Waals surface area contributed by atoms with E-state index in [2.05, 4.69) is 179 Å². The molecule has 3 unspecified atom stereocenters. The molecule has 0 aliphatic heterocycles. The van der Waals surface area contributed by atoms with Gasteiger partial charge in [-0.3, -0.25) is 0 Å². The molecular formula is C53H55NS. The van der Waals surface area contributed by atoms with Crippen molar-refractivity contribution < 1.29 is 0 Å². The monoisotopic (exact) mass is 737 g/mol. The SMILES string of the molecule is CC1=CCC(CC(CCC2=Cc3sc4c5c(ccc4c3CC2)-c2ccc(N(c3ccc(C)cc3)c3ccc(C)cc3)cc2C5(C)C)C2=CCC(C)C=C2)C=C1. The lowest BCUT2D eigenvalue weighted by atomic mass is 9.78. The number of allylic oxidation sites excluding steroid dienone is 9. The smallest absolute Gasteiger partial charge is 0.0465 e. The van der Waals surface area contributed by atoms with Crippen LogP contribution in [0.2, 0.25) is 0 Å². The van der Waals surface area contributed by atoms with E-state index < -0.39 is 0 Å². The summed E-state index contributed by atoms with van der Waals surface area (Å²) in [5.74, 6) is 1.93. The Bertz CT molecular complexity index is 2380. The fourth-order valence-electron chi connectivity index (χ4n) is 9.72. The number of rotatable bonds is 9. The van der Waals surface area contributed by atoms with Crippen molar-refractivity contribution in [2.24, 2.45) is 17.8 Å². The Labute approximate surface area is 333 Å². The number of fused-ring (bicyclic) bond motifs is 7. The fourth-order valence-corrected chi connectivity index (χ4v) is 11.3. The number of anilines is 3. The van der Waals surface area contributed by atoms with E-state index >= 15 is 0 Å². The van der Waals surface area contributed by atoms with E-state index in [1.165, 1.54) is 110 Å². The minimum absolute atomic E-state index is 0.111. The number of thiophene rings is 1. The first-order chi connectivity index (χ1) is 26.6. The molecule has 2 heteroatoms. The second-order valence-corrected chi connectivity index (χ2v) is 18.6. The highest BCUT2D eigenvalue weighted by Crippen LogP contribution is 2.55. The van der Waals surface area contributed by atoms with Crippen LogP contribution >= 0.6 is 11.3 Å². The molecule has 0 radical (unpaired) electrons. The predicted molar refractivity (Wildman–Crippen MR) is 239 cm³/mol. The van der Waals surface area contributed by atoms with Crippen LogP contribution in [0.5, 0.6) is 0 Å². The molecule has 3 atom stereocenters. The van der Waals surface area contributed by atoms with E-state index in [1.54, 1.807) is 16.7 Å². The van der Waals surface area contributed by atoms with Crippen LogP contribution in [-0.2, 0) is 11.8 Å². The van der Waals surface area contributed by atoms with Gasteiger partial charge in [0.2, 0.25) is 0 Å². The number of hydrogen-bond acceptors (Lipinski definition) is 2. The largest absolute Gasteiger partial charge is 0.310 e. The van der Waals surface area contributed by atoms with E-state index in [0.29, 0.717) is 17.8 Å². The van der Waals surface area contributed by atoms with Gasteiger partial charge in [0.15, 0.2) is 0 Å². The zero-order valence-electron chi connectivity index (χ0n) is 33.6. The summed E-state index contributed by atoms with van der Waals surface area (Å²) in [7, 11) is 0. The van der Waals surface area contributed by atoms with Gasteiger partial charge in [0.05, 0.1) is 0 Å². The number of benzene rings is 4. The van der Waals surface area contributed by atoms with Crippen molar-refractivity contribution in [2.75, 3.05) is 4.90 Å². The zero-order valence-corrected chi connectivity index (χ0v) is 34.4. The highest BCUT2D eigenvalue weighted by molar-refractivity contribution is 7.20. The molecule has 5 aromatic rings. The van der Waals surface area contributed by atoms with Gasteiger partial charge < -0.3 is 4.90 Å². The molecule has 0 saturated carbocycles. The summed E-state index contributed by atoms with van der Waals surface area (Å²) in [6.07, 6.45) is 25.7. The van der Waals surface area contributed by atoms with Crippen LogP contribution in [0.3, 0.4) is 0 Å². The second kappa shape index (κ2) is 14.4. The molecule has 0 amide bonds. The molecule has 0 bridgehead atoms. The van der Waals surface area contributed by atoms with Gasteiger partial charge in [-0.1, -0.05) is 122 Å². The van der Waals surface area contributed by atoms with Gasteiger partial charge in [-0.15, -0.1) is 11.3 Å². The second-order valence-electron chi connectivity index (χ2n) is 17.5. The minimum atomic E-state index is -0.111. The average Bonchev–Trinajstić information content (AvgIpc) is 3.67. The topological polar surface area (TPSA) is 3.24 Å². The maximum absolute atomic E-state index is 2.60. The Balaban J connectivity index is 1.02. The van der Waals surface area contributed by atoms with Gasteiger partial charge >= 0.3 is 0 Å². The Morgan fingerprint density at radius 3 is 2.15 bits per heavy atom. The van der Waals surface area contributed by atoms with Crippen LogP contribution in [0.15, 0.2) is 132 Å². The summed E-state index contributed by atoms with van der Waals surface area (Å²) in [6, 6.07) is 30.0. The van der Waals surface area contributed by atoms with Gasteiger partial charge in [0, 0.05) is 32.1 Å². The van der Waals surface area contributed by atoms with Crippen molar-refractivity contribution in [3.63, 3.8) is 0 Å². The van der Waals surface area contributed by atoms with Gasteiger partial charge in [-0.25, -0.2) is 0 Å². The third kappa shape index (κ3) is 6.82. The Kier molecular flexibility index (Phi) is 9.46. The quantitative estimate of drug-likeness (QED) is 0.146. The molecule has 1 aromatic heterocycles. The molecule has 0 fully saturated rings. The lowest BCUT2D eigenvalue weighted by Crippen LogP contribution is -2.16. The van der Waals surface area contributed by atoms with Gasteiger partial charge in [0.25, 0.3) is 0 Å². The van der Waals surface area contributed by atoms with E-state index in [0.717, 1.165) is 6.42 Å². The molecule has 1 heterocycles. The van der Waals surface area contributed by atoms with Crippen molar-refractivity contribution in [3.8, 4) is 11.1 Å². The van der Waals surface area contributed by atoms with E-state index in [-0.39, 0.29) is 5.41 Å². The van der Waals surface area contributed by atoms with Crippen LogP contribution < -0.4 is 4.90 Å². The lowest BCUT2D eigenvalue weighted by Gasteiger charge is -2.28. The molecule has 278 valence electrons. The van der Waals surface area contributed by atoms with E-state index in [9.17, 15) is 0 Å². The van der Waals surface area contributed by atoms with Crippen molar-refractivity contribution in [3.05, 3.63) is 165 Å². The molecule has 0 N–H and O–H groups in total. The van der Waals surface area contributed by atoms with Crippen LogP contribution in [0.1, 0.15) is 98.9 Å². The molecular weight excluding hydrogens is 683 g/mol. The summed E-state index contributed by atoms with van der Waals surface area (Å²) < 4.78 is 1.49. The first-order valence-electron chi connectivity index (χ1n) is 20.7. The molecule has 4 aliphatic rings. The Morgan fingerprint density at radius 2 is 1.47 bits per heavy atom. The van der Waals surface area contributed by atoms with Crippen molar-refractivity contribution in [1.82, 2.24) is 0 Å². The van der Waals surface area contributed by atoms with Gasteiger partial charge in [-0.2, -0.15) is 0 Å². The highest BCUT2D eigenvalue weighted by atomic mass is 32.1. The highest BCUT2D eigenvalue weighted by Gasteiger charge is 2.39. The first kappa shape index (κ1) is 36.0.